The summed E-state index contributed by atoms with van der Waals surface area (Å²) in [5.41, 5.74) is 1.72. The average Bonchev–Trinajstić information content (AvgIpc) is 2.59. The lowest BCUT2D eigenvalue weighted by atomic mass is 10.2. The maximum atomic E-state index is 11.7. The summed E-state index contributed by atoms with van der Waals surface area (Å²) in [4.78, 5) is 15.8. The topological polar surface area (TPSA) is 68.0 Å². The summed E-state index contributed by atoms with van der Waals surface area (Å²) in [7, 11) is 0. The molecule has 0 atom stereocenters. The van der Waals surface area contributed by atoms with E-state index in [1.54, 1.807) is 6.07 Å². The Kier molecular flexibility index (Phi) is 2.60. The standard InChI is InChI=1S/C11H13N3O2/c1-6(2)13-10(15)8-4-9-7(3)14-16-11(9)12-5-8/h4-6H,1-3H3,(H,13,15). The van der Waals surface area contributed by atoms with E-state index in [0.29, 0.717) is 11.3 Å². The molecule has 84 valence electrons. The first kappa shape index (κ1) is 10.6. The number of rotatable bonds is 2. The first-order valence-electron chi connectivity index (χ1n) is 5.11. The van der Waals surface area contributed by atoms with E-state index in [2.05, 4.69) is 15.5 Å². The Bertz CT molecular complexity index is 531. The molecule has 5 heteroatoms. The van der Waals surface area contributed by atoms with Gasteiger partial charge in [-0.1, -0.05) is 5.16 Å². The number of aromatic nitrogens is 2. The van der Waals surface area contributed by atoms with Crippen molar-refractivity contribution in [2.24, 2.45) is 0 Å². The summed E-state index contributed by atoms with van der Waals surface area (Å²) in [5.74, 6) is -0.134. The predicted molar refractivity (Wildman–Crippen MR) is 59.1 cm³/mol. The van der Waals surface area contributed by atoms with E-state index < -0.39 is 0 Å². The Morgan fingerprint density at radius 2 is 2.25 bits per heavy atom. The van der Waals surface area contributed by atoms with Crippen LogP contribution in [0.15, 0.2) is 16.8 Å². The molecule has 2 aromatic rings. The van der Waals surface area contributed by atoms with Crippen molar-refractivity contribution in [3.63, 3.8) is 0 Å². The summed E-state index contributed by atoms with van der Waals surface area (Å²) in [5, 5.41) is 7.37. The zero-order valence-electron chi connectivity index (χ0n) is 9.44. The maximum absolute atomic E-state index is 11.7. The number of nitrogens with one attached hydrogen (secondary N) is 1. The average molecular weight is 219 g/mol. The van der Waals surface area contributed by atoms with Crippen molar-refractivity contribution < 1.29 is 9.32 Å². The molecule has 0 unspecified atom stereocenters. The van der Waals surface area contributed by atoms with Crippen LogP contribution in [0.3, 0.4) is 0 Å². The molecule has 5 nitrogen and oxygen atoms in total. The third-order valence-electron chi connectivity index (χ3n) is 2.19. The van der Waals surface area contributed by atoms with E-state index in [9.17, 15) is 4.79 Å². The van der Waals surface area contributed by atoms with E-state index >= 15 is 0 Å². The van der Waals surface area contributed by atoms with Crippen LogP contribution in [-0.2, 0) is 0 Å². The minimum Gasteiger partial charge on any atom is -0.350 e. The lowest BCUT2D eigenvalue weighted by Crippen LogP contribution is -2.30. The normalized spacial score (nSPS) is 11.0. The molecule has 2 aromatic heterocycles. The first-order chi connectivity index (χ1) is 7.58. The lowest BCUT2D eigenvalue weighted by Gasteiger charge is -2.07. The van der Waals surface area contributed by atoms with Gasteiger partial charge < -0.3 is 9.84 Å². The Morgan fingerprint density at radius 1 is 1.50 bits per heavy atom. The van der Waals surface area contributed by atoms with Gasteiger partial charge in [0.2, 0.25) is 0 Å². The lowest BCUT2D eigenvalue weighted by molar-refractivity contribution is 0.0943. The highest BCUT2D eigenvalue weighted by Gasteiger charge is 2.11. The van der Waals surface area contributed by atoms with Gasteiger partial charge in [0.1, 0.15) is 0 Å². The SMILES string of the molecule is Cc1noc2ncc(C(=O)NC(C)C)cc12. The van der Waals surface area contributed by atoms with Crippen LogP contribution in [0.2, 0.25) is 0 Å². The van der Waals surface area contributed by atoms with Crippen LogP contribution < -0.4 is 5.32 Å². The zero-order valence-corrected chi connectivity index (χ0v) is 9.44. The molecule has 0 aromatic carbocycles. The smallest absolute Gasteiger partial charge is 0.257 e. The monoisotopic (exact) mass is 219 g/mol. The Hall–Kier alpha value is -1.91. The molecule has 0 aliphatic heterocycles. The minimum atomic E-state index is -0.134. The van der Waals surface area contributed by atoms with Crippen molar-refractivity contribution in [3.8, 4) is 0 Å². The van der Waals surface area contributed by atoms with Crippen molar-refractivity contribution in [3.05, 3.63) is 23.5 Å². The second-order valence-electron chi connectivity index (χ2n) is 3.97. The molecule has 0 saturated heterocycles. The number of hydrogen-bond donors (Lipinski definition) is 1. The van der Waals surface area contributed by atoms with Crippen molar-refractivity contribution in [2.75, 3.05) is 0 Å². The second-order valence-corrected chi connectivity index (χ2v) is 3.97. The van der Waals surface area contributed by atoms with Crippen LogP contribution in [0.25, 0.3) is 11.1 Å². The maximum Gasteiger partial charge on any atom is 0.257 e. The van der Waals surface area contributed by atoms with Crippen LogP contribution in [0, 0.1) is 6.92 Å². The summed E-state index contributed by atoms with van der Waals surface area (Å²) in [6, 6.07) is 1.85. The fraction of sp³-hybridized carbons (Fsp3) is 0.364. The van der Waals surface area contributed by atoms with Gasteiger partial charge in [-0.05, 0) is 26.8 Å². The predicted octanol–water partition coefficient (Wildman–Crippen LogP) is 1.67. The van der Waals surface area contributed by atoms with Gasteiger partial charge in [0.25, 0.3) is 11.6 Å². The number of aryl methyl sites for hydroxylation is 1. The largest absolute Gasteiger partial charge is 0.350 e. The van der Waals surface area contributed by atoms with Gasteiger partial charge in [0.15, 0.2) is 0 Å². The van der Waals surface area contributed by atoms with E-state index in [1.165, 1.54) is 6.20 Å². The third kappa shape index (κ3) is 1.88. The first-order valence-corrected chi connectivity index (χ1v) is 5.11. The highest BCUT2D eigenvalue weighted by atomic mass is 16.5. The van der Waals surface area contributed by atoms with Crippen LogP contribution in [0.5, 0.6) is 0 Å². The Balaban J connectivity index is 2.38. The summed E-state index contributed by atoms with van der Waals surface area (Å²) >= 11 is 0. The van der Waals surface area contributed by atoms with E-state index in [-0.39, 0.29) is 11.9 Å². The van der Waals surface area contributed by atoms with Crippen molar-refractivity contribution in [1.29, 1.82) is 0 Å². The van der Waals surface area contributed by atoms with Gasteiger partial charge in [-0.15, -0.1) is 0 Å². The van der Waals surface area contributed by atoms with E-state index in [1.807, 2.05) is 20.8 Å². The molecule has 0 aliphatic rings. The highest BCUT2D eigenvalue weighted by Crippen LogP contribution is 2.16. The zero-order chi connectivity index (χ0) is 11.7. The third-order valence-corrected chi connectivity index (χ3v) is 2.19. The van der Waals surface area contributed by atoms with Crippen molar-refractivity contribution in [2.45, 2.75) is 26.8 Å². The van der Waals surface area contributed by atoms with Crippen LogP contribution in [0.1, 0.15) is 29.9 Å². The van der Waals surface area contributed by atoms with Gasteiger partial charge >= 0.3 is 0 Å². The van der Waals surface area contributed by atoms with Gasteiger partial charge in [-0.3, -0.25) is 4.79 Å². The molecule has 0 spiro atoms. The number of carbonyl (C=O) groups is 1. The fourth-order valence-corrected chi connectivity index (χ4v) is 1.41. The number of hydrogen-bond acceptors (Lipinski definition) is 4. The molecule has 2 heterocycles. The van der Waals surface area contributed by atoms with Gasteiger partial charge in [0.05, 0.1) is 16.6 Å². The van der Waals surface area contributed by atoms with Gasteiger partial charge in [-0.25, -0.2) is 4.98 Å². The highest BCUT2D eigenvalue weighted by molar-refractivity contribution is 5.97. The van der Waals surface area contributed by atoms with Gasteiger partial charge in [-0.2, -0.15) is 0 Å². The molecule has 1 amide bonds. The molecule has 1 N–H and O–H groups in total. The van der Waals surface area contributed by atoms with Crippen molar-refractivity contribution >= 4 is 17.0 Å². The fourth-order valence-electron chi connectivity index (χ4n) is 1.41. The summed E-state index contributed by atoms with van der Waals surface area (Å²) < 4.78 is 4.97. The molecule has 0 aliphatic carbocycles. The molecule has 2 rings (SSSR count). The number of carbonyl (C=O) groups excluding carboxylic acids is 1. The Labute approximate surface area is 92.8 Å². The molecular formula is C11H13N3O2. The number of pyridine rings is 1. The van der Waals surface area contributed by atoms with Crippen LogP contribution in [-0.4, -0.2) is 22.1 Å². The summed E-state index contributed by atoms with van der Waals surface area (Å²) in [6.07, 6.45) is 1.49. The minimum absolute atomic E-state index is 0.103. The molecule has 0 radical (unpaired) electrons. The number of nitrogens with zero attached hydrogens (tertiary/aromatic N) is 2. The van der Waals surface area contributed by atoms with E-state index in [0.717, 1.165) is 11.1 Å². The molecule has 16 heavy (non-hydrogen) atoms. The van der Waals surface area contributed by atoms with Gasteiger partial charge in [0, 0.05) is 12.2 Å². The number of amides is 1. The van der Waals surface area contributed by atoms with Crippen molar-refractivity contribution in [1.82, 2.24) is 15.5 Å². The van der Waals surface area contributed by atoms with Crippen LogP contribution >= 0.6 is 0 Å². The van der Waals surface area contributed by atoms with E-state index in [4.69, 9.17) is 4.52 Å². The molecule has 0 bridgehead atoms. The molecular weight excluding hydrogens is 206 g/mol. The second kappa shape index (κ2) is 3.92. The number of fused-ring (bicyclic) bond motifs is 1. The Morgan fingerprint density at radius 3 is 2.94 bits per heavy atom. The molecule has 0 fully saturated rings. The molecule has 0 saturated carbocycles. The quantitative estimate of drug-likeness (QED) is 0.834. The summed E-state index contributed by atoms with van der Waals surface area (Å²) in [6.45, 7) is 5.64. The van der Waals surface area contributed by atoms with Crippen LogP contribution in [0.4, 0.5) is 0 Å².